The van der Waals surface area contributed by atoms with Crippen LogP contribution < -0.4 is 4.74 Å². The van der Waals surface area contributed by atoms with Gasteiger partial charge in [-0.3, -0.25) is 4.79 Å². The molecule has 0 saturated heterocycles. The van der Waals surface area contributed by atoms with E-state index in [4.69, 9.17) is 4.74 Å². The van der Waals surface area contributed by atoms with E-state index in [-0.39, 0.29) is 0 Å². The molecule has 0 spiro atoms. The van der Waals surface area contributed by atoms with Crippen LogP contribution in [0, 0.1) is 0 Å². The largest absolute Gasteiger partial charge is 0.493 e. The number of hydrogen-bond acceptors (Lipinski definition) is 2. The van der Waals surface area contributed by atoms with Crippen LogP contribution in [0.15, 0.2) is 22.7 Å². The zero-order chi connectivity index (χ0) is 10.4. The van der Waals surface area contributed by atoms with Gasteiger partial charge in [-0.25, -0.2) is 0 Å². The summed E-state index contributed by atoms with van der Waals surface area (Å²) in [7, 11) is 0. The van der Waals surface area contributed by atoms with E-state index in [2.05, 4.69) is 22.9 Å². The summed E-state index contributed by atoms with van der Waals surface area (Å²) in [6.07, 6.45) is 2.90. The highest BCUT2D eigenvalue weighted by Gasteiger charge is 2.05. The summed E-state index contributed by atoms with van der Waals surface area (Å²) in [4.78, 5) is 10.8. The molecule has 0 unspecified atom stereocenters. The van der Waals surface area contributed by atoms with E-state index in [9.17, 15) is 4.79 Å². The molecule has 0 amide bonds. The fraction of sp³-hybridized carbons (Fsp3) is 0.364. The third-order valence-corrected chi connectivity index (χ3v) is 2.58. The SMILES string of the molecule is CCCCOc1cccc(Br)c1C=O. The van der Waals surface area contributed by atoms with Crippen molar-refractivity contribution in [1.29, 1.82) is 0 Å². The Labute approximate surface area is 92.4 Å². The third-order valence-electron chi connectivity index (χ3n) is 1.89. The quantitative estimate of drug-likeness (QED) is 0.596. The van der Waals surface area contributed by atoms with Gasteiger partial charge in [-0.05, 0) is 34.5 Å². The number of hydrogen-bond donors (Lipinski definition) is 0. The molecule has 3 heteroatoms. The van der Waals surface area contributed by atoms with Gasteiger partial charge in [0.05, 0.1) is 12.2 Å². The first-order chi connectivity index (χ1) is 6.79. The molecule has 0 aliphatic rings. The number of carbonyl (C=O) groups is 1. The molecular weight excluding hydrogens is 244 g/mol. The minimum Gasteiger partial charge on any atom is -0.493 e. The highest BCUT2D eigenvalue weighted by molar-refractivity contribution is 9.10. The molecule has 0 atom stereocenters. The second kappa shape index (κ2) is 5.81. The third kappa shape index (κ3) is 2.84. The van der Waals surface area contributed by atoms with Crippen LogP contribution in [0.3, 0.4) is 0 Å². The maximum absolute atomic E-state index is 10.8. The normalized spacial score (nSPS) is 9.86. The van der Waals surface area contributed by atoms with E-state index < -0.39 is 0 Å². The topological polar surface area (TPSA) is 26.3 Å². The summed E-state index contributed by atoms with van der Waals surface area (Å²) in [5.74, 6) is 0.655. The second-order valence-corrected chi connectivity index (χ2v) is 3.83. The Balaban J connectivity index is 2.75. The molecule has 0 aliphatic heterocycles. The van der Waals surface area contributed by atoms with Gasteiger partial charge in [-0.2, -0.15) is 0 Å². The summed E-state index contributed by atoms with van der Waals surface area (Å²) in [6, 6.07) is 5.50. The number of halogens is 1. The molecule has 76 valence electrons. The van der Waals surface area contributed by atoms with Crippen LogP contribution in [0.5, 0.6) is 5.75 Å². The van der Waals surface area contributed by atoms with E-state index in [1.54, 1.807) is 0 Å². The molecule has 0 N–H and O–H groups in total. The van der Waals surface area contributed by atoms with Crippen LogP contribution in [-0.4, -0.2) is 12.9 Å². The first-order valence-electron chi connectivity index (χ1n) is 4.66. The molecule has 0 radical (unpaired) electrons. The number of unbranched alkanes of at least 4 members (excludes halogenated alkanes) is 1. The summed E-state index contributed by atoms with van der Waals surface area (Å²) in [5.41, 5.74) is 0.587. The maximum Gasteiger partial charge on any atom is 0.154 e. The molecule has 0 aromatic heterocycles. The molecule has 0 fully saturated rings. The van der Waals surface area contributed by atoms with E-state index in [1.165, 1.54) is 0 Å². The highest BCUT2D eigenvalue weighted by atomic mass is 79.9. The lowest BCUT2D eigenvalue weighted by Gasteiger charge is -2.08. The summed E-state index contributed by atoms with van der Waals surface area (Å²) in [5, 5.41) is 0. The Hall–Kier alpha value is -0.830. The van der Waals surface area contributed by atoms with Gasteiger partial charge in [-0.1, -0.05) is 19.4 Å². The van der Waals surface area contributed by atoms with Crippen molar-refractivity contribution in [3.63, 3.8) is 0 Å². The molecule has 0 heterocycles. The first kappa shape index (κ1) is 11.2. The van der Waals surface area contributed by atoms with E-state index in [0.717, 1.165) is 23.6 Å². The fourth-order valence-corrected chi connectivity index (χ4v) is 1.53. The van der Waals surface area contributed by atoms with Crippen molar-refractivity contribution < 1.29 is 9.53 Å². The predicted molar refractivity (Wildman–Crippen MR) is 59.9 cm³/mol. The van der Waals surface area contributed by atoms with Crippen molar-refractivity contribution in [2.75, 3.05) is 6.61 Å². The van der Waals surface area contributed by atoms with Gasteiger partial charge in [0.2, 0.25) is 0 Å². The van der Waals surface area contributed by atoms with Crippen LogP contribution in [0.1, 0.15) is 30.1 Å². The lowest BCUT2D eigenvalue weighted by molar-refractivity contribution is 0.111. The Morgan fingerprint density at radius 1 is 1.50 bits per heavy atom. The Morgan fingerprint density at radius 3 is 2.93 bits per heavy atom. The molecular formula is C11H13BrO2. The molecule has 14 heavy (non-hydrogen) atoms. The van der Waals surface area contributed by atoms with Crippen molar-refractivity contribution in [1.82, 2.24) is 0 Å². The standard InChI is InChI=1S/C11H13BrO2/c1-2-3-7-14-11-6-4-5-10(12)9(11)8-13/h4-6,8H,2-3,7H2,1H3. The molecule has 0 aliphatic carbocycles. The van der Waals surface area contributed by atoms with Crippen LogP contribution in [0.2, 0.25) is 0 Å². The van der Waals surface area contributed by atoms with Gasteiger partial charge < -0.3 is 4.74 Å². The number of carbonyl (C=O) groups excluding carboxylic acids is 1. The Bertz CT molecular complexity index is 310. The fourth-order valence-electron chi connectivity index (χ4n) is 1.08. The molecule has 1 aromatic rings. The Morgan fingerprint density at radius 2 is 2.29 bits per heavy atom. The van der Waals surface area contributed by atoms with Gasteiger partial charge in [-0.15, -0.1) is 0 Å². The van der Waals surface area contributed by atoms with Crippen molar-refractivity contribution in [2.24, 2.45) is 0 Å². The number of rotatable bonds is 5. The van der Waals surface area contributed by atoms with Crippen LogP contribution >= 0.6 is 15.9 Å². The molecule has 0 saturated carbocycles. The minimum absolute atomic E-state index is 0.587. The monoisotopic (exact) mass is 256 g/mol. The Kier molecular flexibility index (Phi) is 4.66. The minimum atomic E-state index is 0.587. The summed E-state index contributed by atoms with van der Waals surface area (Å²) in [6.45, 7) is 2.76. The molecule has 2 nitrogen and oxygen atoms in total. The van der Waals surface area contributed by atoms with E-state index >= 15 is 0 Å². The average molecular weight is 257 g/mol. The lowest BCUT2D eigenvalue weighted by Crippen LogP contribution is -1.99. The van der Waals surface area contributed by atoms with Crippen LogP contribution in [-0.2, 0) is 0 Å². The second-order valence-electron chi connectivity index (χ2n) is 2.97. The number of aldehydes is 1. The lowest BCUT2D eigenvalue weighted by atomic mass is 10.2. The summed E-state index contributed by atoms with van der Waals surface area (Å²) >= 11 is 3.31. The highest BCUT2D eigenvalue weighted by Crippen LogP contribution is 2.24. The maximum atomic E-state index is 10.8. The first-order valence-corrected chi connectivity index (χ1v) is 5.45. The molecule has 0 bridgehead atoms. The molecule has 1 rings (SSSR count). The average Bonchev–Trinajstić information content (AvgIpc) is 2.18. The van der Waals surface area contributed by atoms with Gasteiger partial charge >= 0.3 is 0 Å². The van der Waals surface area contributed by atoms with E-state index in [1.807, 2.05) is 18.2 Å². The zero-order valence-corrected chi connectivity index (χ0v) is 9.71. The summed E-state index contributed by atoms with van der Waals surface area (Å²) < 4.78 is 6.27. The number of benzene rings is 1. The van der Waals surface area contributed by atoms with Crippen LogP contribution in [0.4, 0.5) is 0 Å². The smallest absolute Gasteiger partial charge is 0.154 e. The van der Waals surface area contributed by atoms with Crippen molar-refractivity contribution in [3.8, 4) is 5.75 Å². The van der Waals surface area contributed by atoms with Gasteiger partial charge in [0.15, 0.2) is 6.29 Å². The molecule has 1 aromatic carbocycles. The van der Waals surface area contributed by atoms with Gasteiger partial charge in [0.25, 0.3) is 0 Å². The van der Waals surface area contributed by atoms with Crippen molar-refractivity contribution in [2.45, 2.75) is 19.8 Å². The van der Waals surface area contributed by atoms with Crippen molar-refractivity contribution >= 4 is 22.2 Å². The van der Waals surface area contributed by atoms with E-state index in [0.29, 0.717) is 17.9 Å². The van der Waals surface area contributed by atoms with Gasteiger partial charge in [0, 0.05) is 4.47 Å². The predicted octanol–water partition coefficient (Wildman–Crippen LogP) is 3.44. The van der Waals surface area contributed by atoms with Gasteiger partial charge in [0.1, 0.15) is 5.75 Å². The number of ether oxygens (including phenoxy) is 1. The van der Waals surface area contributed by atoms with Crippen LogP contribution in [0.25, 0.3) is 0 Å². The van der Waals surface area contributed by atoms with Crippen molar-refractivity contribution in [3.05, 3.63) is 28.2 Å². The zero-order valence-electron chi connectivity index (χ0n) is 8.13.